The molecule has 0 unspecified atom stereocenters. The average molecular weight is 330 g/mol. The van der Waals surface area contributed by atoms with E-state index >= 15 is 0 Å². The second-order valence-corrected chi connectivity index (χ2v) is 6.86. The molecule has 2 aliphatic rings. The average Bonchev–Trinajstić information content (AvgIpc) is 2.96. The normalized spacial score (nSPS) is 24.3. The Morgan fingerprint density at radius 2 is 2.08 bits per heavy atom. The third-order valence-electron chi connectivity index (χ3n) is 5.20. The number of piperidine rings is 1. The van der Waals surface area contributed by atoms with Crippen LogP contribution < -0.4 is 4.74 Å². The van der Waals surface area contributed by atoms with E-state index < -0.39 is 0 Å². The first-order valence-electron chi connectivity index (χ1n) is 8.80. The van der Waals surface area contributed by atoms with Gasteiger partial charge in [0.2, 0.25) is 11.8 Å². The molecule has 0 saturated carbocycles. The van der Waals surface area contributed by atoms with E-state index in [-0.39, 0.29) is 17.7 Å². The first kappa shape index (κ1) is 16.8. The lowest BCUT2D eigenvalue weighted by Gasteiger charge is -2.35. The molecular formula is C19H26N2O3. The van der Waals surface area contributed by atoms with E-state index in [1.54, 1.807) is 12.0 Å². The highest BCUT2D eigenvalue weighted by Gasteiger charge is 2.38. The van der Waals surface area contributed by atoms with Crippen LogP contribution >= 0.6 is 0 Å². The topological polar surface area (TPSA) is 49.9 Å². The van der Waals surface area contributed by atoms with E-state index in [2.05, 4.69) is 6.92 Å². The Hall–Kier alpha value is -2.04. The van der Waals surface area contributed by atoms with E-state index in [9.17, 15) is 9.59 Å². The number of benzene rings is 1. The summed E-state index contributed by atoms with van der Waals surface area (Å²) in [5.41, 5.74) is 0.979. The Kier molecular flexibility index (Phi) is 5.07. The van der Waals surface area contributed by atoms with Gasteiger partial charge in [0.1, 0.15) is 5.75 Å². The lowest BCUT2D eigenvalue weighted by molar-refractivity contribution is -0.139. The lowest BCUT2D eigenvalue weighted by Crippen LogP contribution is -2.45. The number of nitrogens with zero attached hydrogens (tertiary/aromatic N) is 2. The summed E-state index contributed by atoms with van der Waals surface area (Å²) in [6, 6.07) is 8.01. The van der Waals surface area contributed by atoms with Crippen LogP contribution in [-0.4, -0.2) is 47.9 Å². The van der Waals surface area contributed by atoms with Crippen molar-refractivity contribution in [3.8, 4) is 5.75 Å². The van der Waals surface area contributed by atoms with E-state index in [4.69, 9.17) is 4.74 Å². The fraction of sp³-hybridized carbons (Fsp3) is 0.579. The Bertz CT molecular complexity index is 616. The highest BCUT2D eigenvalue weighted by molar-refractivity contribution is 5.89. The molecule has 24 heavy (non-hydrogen) atoms. The molecule has 5 nitrogen and oxygen atoms in total. The van der Waals surface area contributed by atoms with Gasteiger partial charge in [-0.25, -0.2) is 0 Å². The molecule has 0 spiro atoms. The van der Waals surface area contributed by atoms with Crippen molar-refractivity contribution in [2.24, 2.45) is 5.92 Å². The molecule has 2 fully saturated rings. The molecule has 5 heteroatoms. The molecule has 0 aromatic heterocycles. The van der Waals surface area contributed by atoms with E-state index in [0.717, 1.165) is 30.7 Å². The van der Waals surface area contributed by atoms with Crippen LogP contribution in [0, 0.1) is 5.92 Å². The van der Waals surface area contributed by atoms with Gasteiger partial charge >= 0.3 is 0 Å². The Balaban J connectivity index is 1.66. The summed E-state index contributed by atoms with van der Waals surface area (Å²) in [6.45, 7) is 3.96. The summed E-state index contributed by atoms with van der Waals surface area (Å²) >= 11 is 0. The molecule has 0 radical (unpaired) electrons. The van der Waals surface area contributed by atoms with Crippen molar-refractivity contribution in [1.82, 2.24) is 9.80 Å². The Labute approximate surface area is 143 Å². The van der Waals surface area contributed by atoms with Gasteiger partial charge in [-0.3, -0.25) is 9.59 Å². The Morgan fingerprint density at radius 1 is 1.29 bits per heavy atom. The number of likely N-dealkylation sites (tertiary alicyclic amines) is 2. The van der Waals surface area contributed by atoms with E-state index in [0.29, 0.717) is 25.6 Å². The van der Waals surface area contributed by atoms with Gasteiger partial charge in [0, 0.05) is 37.7 Å². The maximum atomic E-state index is 12.8. The number of hydrogen-bond donors (Lipinski definition) is 0. The number of carbonyl (C=O) groups is 2. The van der Waals surface area contributed by atoms with Crippen molar-refractivity contribution in [2.45, 2.75) is 45.2 Å². The second-order valence-electron chi connectivity index (χ2n) is 6.86. The van der Waals surface area contributed by atoms with Crippen molar-refractivity contribution in [3.05, 3.63) is 29.8 Å². The maximum absolute atomic E-state index is 12.8. The molecule has 0 bridgehead atoms. The first-order valence-corrected chi connectivity index (χ1v) is 8.80. The van der Waals surface area contributed by atoms with Gasteiger partial charge in [0.15, 0.2) is 0 Å². The van der Waals surface area contributed by atoms with Crippen molar-refractivity contribution in [3.63, 3.8) is 0 Å². The maximum Gasteiger partial charge on any atom is 0.228 e. The molecule has 3 rings (SSSR count). The number of methoxy groups -OCH3 is 1. The molecular weight excluding hydrogens is 304 g/mol. The highest BCUT2D eigenvalue weighted by Crippen LogP contribution is 2.27. The number of para-hydroxylation sites is 1. The number of carbonyl (C=O) groups excluding carboxylic acids is 2. The van der Waals surface area contributed by atoms with Gasteiger partial charge in [-0.2, -0.15) is 0 Å². The van der Waals surface area contributed by atoms with Gasteiger partial charge in [-0.15, -0.1) is 0 Å². The molecule has 2 amide bonds. The number of amides is 2. The lowest BCUT2D eigenvalue weighted by atomic mass is 9.99. The smallest absolute Gasteiger partial charge is 0.228 e. The van der Waals surface area contributed by atoms with E-state index in [1.165, 1.54) is 6.42 Å². The molecule has 0 N–H and O–H groups in total. The summed E-state index contributed by atoms with van der Waals surface area (Å²) in [7, 11) is 1.63. The third-order valence-corrected chi connectivity index (χ3v) is 5.20. The Morgan fingerprint density at radius 3 is 2.83 bits per heavy atom. The van der Waals surface area contributed by atoms with Crippen molar-refractivity contribution in [2.75, 3.05) is 20.2 Å². The van der Waals surface area contributed by atoms with Crippen LogP contribution in [0.3, 0.4) is 0 Å². The van der Waals surface area contributed by atoms with Crippen LogP contribution in [0.1, 0.15) is 38.2 Å². The summed E-state index contributed by atoms with van der Waals surface area (Å²) in [6.07, 6.45) is 3.66. The predicted octanol–water partition coefficient (Wildman–Crippen LogP) is 2.44. The quantitative estimate of drug-likeness (QED) is 0.852. The molecule has 0 aliphatic carbocycles. The van der Waals surface area contributed by atoms with Crippen LogP contribution in [0.25, 0.3) is 0 Å². The van der Waals surface area contributed by atoms with Crippen molar-refractivity contribution < 1.29 is 14.3 Å². The zero-order chi connectivity index (χ0) is 17.1. The van der Waals surface area contributed by atoms with Gasteiger partial charge < -0.3 is 14.5 Å². The van der Waals surface area contributed by atoms with Crippen LogP contribution in [0.2, 0.25) is 0 Å². The molecule has 2 saturated heterocycles. The minimum Gasteiger partial charge on any atom is -0.496 e. The SMILES string of the molecule is COc1ccccc1CN1C[C@H](C(=O)N2CCCC[C@H]2C)CC1=O. The zero-order valence-electron chi connectivity index (χ0n) is 14.5. The fourth-order valence-electron chi connectivity index (χ4n) is 3.79. The van der Waals surface area contributed by atoms with Crippen molar-refractivity contribution in [1.29, 1.82) is 0 Å². The monoisotopic (exact) mass is 330 g/mol. The van der Waals surface area contributed by atoms with Gasteiger partial charge in [-0.05, 0) is 32.3 Å². The second kappa shape index (κ2) is 7.24. The third kappa shape index (κ3) is 3.40. The molecule has 2 heterocycles. The fourth-order valence-corrected chi connectivity index (χ4v) is 3.79. The number of hydrogen-bond acceptors (Lipinski definition) is 3. The van der Waals surface area contributed by atoms with Gasteiger partial charge in [-0.1, -0.05) is 18.2 Å². The van der Waals surface area contributed by atoms with Crippen LogP contribution in [0.15, 0.2) is 24.3 Å². The molecule has 130 valence electrons. The predicted molar refractivity (Wildman–Crippen MR) is 91.5 cm³/mol. The summed E-state index contributed by atoms with van der Waals surface area (Å²) in [4.78, 5) is 28.9. The summed E-state index contributed by atoms with van der Waals surface area (Å²) in [5, 5.41) is 0. The largest absolute Gasteiger partial charge is 0.496 e. The number of ether oxygens (including phenoxy) is 1. The standard InChI is InChI=1S/C19H26N2O3/c1-14-7-5-6-10-21(14)19(23)16-11-18(22)20(13-16)12-15-8-3-4-9-17(15)24-2/h3-4,8-9,14,16H,5-7,10-13H2,1-2H3/t14-,16-/m1/s1. The van der Waals surface area contributed by atoms with Crippen molar-refractivity contribution >= 4 is 11.8 Å². The summed E-state index contributed by atoms with van der Waals surface area (Å²) in [5.74, 6) is 0.791. The van der Waals surface area contributed by atoms with E-state index in [1.807, 2.05) is 29.2 Å². The van der Waals surface area contributed by atoms with Crippen LogP contribution in [0.5, 0.6) is 5.75 Å². The van der Waals surface area contributed by atoms with Crippen LogP contribution in [-0.2, 0) is 16.1 Å². The molecule has 1 aromatic carbocycles. The number of rotatable bonds is 4. The summed E-state index contributed by atoms with van der Waals surface area (Å²) < 4.78 is 5.36. The first-order chi connectivity index (χ1) is 11.6. The van der Waals surface area contributed by atoms with Gasteiger partial charge in [0.25, 0.3) is 0 Å². The van der Waals surface area contributed by atoms with Gasteiger partial charge in [0.05, 0.1) is 13.0 Å². The zero-order valence-corrected chi connectivity index (χ0v) is 14.5. The molecule has 2 aliphatic heterocycles. The highest BCUT2D eigenvalue weighted by atomic mass is 16.5. The molecule has 1 aromatic rings. The minimum absolute atomic E-state index is 0.0592. The minimum atomic E-state index is -0.201. The molecule has 2 atom stereocenters. The van der Waals surface area contributed by atoms with Crippen LogP contribution in [0.4, 0.5) is 0 Å².